The first-order valence-corrected chi connectivity index (χ1v) is 6.96. The summed E-state index contributed by atoms with van der Waals surface area (Å²) in [4.78, 5) is 35.2. The number of amides is 1. The summed E-state index contributed by atoms with van der Waals surface area (Å²) in [6.07, 6.45) is -4.04. The Morgan fingerprint density at radius 2 is 1.76 bits per heavy atom. The Labute approximate surface area is 139 Å². The van der Waals surface area contributed by atoms with Crippen molar-refractivity contribution in [1.82, 2.24) is 5.32 Å². The van der Waals surface area contributed by atoms with E-state index in [0.29, 0.717) is 0 Å². The molecule has 0 spiro atoms. The number of ketones is 1. The van der Waals surface area contributed by atoms with E-state index in [1.54, 1.807) is 0 Å². The standard InChI is InChI=1S/C16H12F3NO5/c17-16(18,19)10-5-3-9(4-6-10)15(24)20-11(8-13(21)22)14(23)12-2-1-7-25-12/h1-7,11H,8H2,(H,20,24)(H,21,22). The molecule has 0 fully saturated rings. The lowest BCUT2D eigenvalue weighted by Crippen LogP contribution is -2.42. The smallest absolute Gasteiger partial charge is 0.416 e. The van der Waals surface area contributed by atoms with Crippen LogP contribution in [0.15, 0.2) is 47.1 Å². The maximum atomic E-state index is 12.5. The minimum absolute atomic E-state index is 0.140. The van der Waals surface area contributed by atoms with Crippen LogP contribution >= 0.6 is 0 Å². The lowest BCUT2D eigenvalue weighted by atomic mass is 10.1. The summed E-state index contributed by atoms with van der Waals surface area (Å²) in [5, 5.41) is 11.1. The SMILES string of the molecule is O=C(O)CC(NC(=O)c1ccc(C(F)(F)F)cc1)C(=O)c1ccco1. The molecule has 2 aromatic rings. The zero-order chi connectivity index (χ0) is 18.6. The van der Waals surface area contributed by atoms with Gasteiger partial charge in [-0.25, -0.2) is 0 Å². The molecule has 2 N–H and O–H groups in total. The van der Waals surface area contributed by atoms with Crippen LogP contribution < -0.4 is 5.32 Å². The largest absolute Gasteiger partial charge is 0.481 e. The highest BCUT2D eigenvalue weighted by atomic mass is 19.4. The Bertz CT molecular complexity index is 766. The van der Waals surface area contributed by atoms with Crippen molar-refractivity contribution in [2.45, 2.75) is 18.6 Å². The molecule has 9 heteroatoms. The van der Waals surface area contributed by atoms with E-state index in [-0.39, 0.29) is 11.3 Å². The van der Waals surface area contributed by atoms with E-state index < -0.39 is 41.9 Å². The number of aliphatic carboxylic acids is 1. The van der Waals surface area contributed by atoms with Gasteiger partial charge in [0.15, 0.2) is 5.76 Å². The van der Waals surface area contributed by atoms with Gasteiger partial charge in [0.2, 0.25) is 5.78 Å². The zero-order valence-corrected chi connectivity index (χ0v) is 12.5. The van der Waals surface area contributed by atoms with Gasteiger partial charge < -0.3 is 14.8 Å². The van der Waals surface area contributed by atoms with E-state index in [9.17, 15) is 27.6 Å². The molecule has 0 aliphatic rings. The van der Waals surface area contributed by atoms with Gasteiger partial charge in [0.1, 0.15) is 6.04 Å². The summed E-state index contributed by atoms with van der Waals surface area (Å²) < 4.78 is 42.4. The average molecular weight is 355 g/mol. The second kappa shape index (κ2) is 7.20. The minimum atomic E-state index is -4.55. The molecule has 1 aromatic heterocycles. The second-order valence-corrected chi connectivity index (χ2v) is 5.04. The van der Waals surface area contributed by atoms with Crippen LogP contribution in [0.3, 0.4) is 0 Å². The van der Waals surface area contributed by atoms with Crippen molar-refractivity contribution in [2.24, 2.45) is 0 Å². The molecule has 0 saturated carbocycles. The van der Waals surface area contributed by atoms with Gasteiger partial charge in [0.05, 0.1) is 18.2 Å². The molecular formula is C16H12F3NO5. The van der Waals surface area contributed by atoms with Crippen LogP contribution in [0.5, 0.6) is 0 Å². The van der Waals surface area contributed by atoms with Gasteiger partial charge in [-0.1, -0.05) is 0 Å². The number of Topliss-reactive ketones (excluding diaryl/α,β-unsaturated/α-hetero) is 1. The highest BCUT2D eigenvalue weighted by Gasteiger charge is 2.31. The molecular weight excluding hydrogens is 343 g/mol. The lowest BCUT2D eigenvalue weighted by Gasteiger charge is -2.15. The normalized spacial score (nSPS) is 12.4. The average Bonchev–Trinajstić information content (AvgIpc) is 3.06. The Morgan fingerprint density at radius 1 is 1.12 bits per heavy atom. The van der Waals surface area contributed by atoms with E-state index in [0.717, 1.165) is 24.3 Å². The molecule has 1 heterocycles. The van der Waals surface area contributed by atoms with Gasteiger partial charge in [0.25, 0.3) is 5.91 Å². The Balaban J connectivity index is 2.16. The van der Waals surface area contributed by atoms with Gasteiger partial charge in [0, 0.05) is 5.56 Å². The van der Waals surface area contributed by atoms with Crippen LogP contribution in [-0.2, 0) is 11.0 Å². The van der Waals surface area contributed by atoms with Crippen LogP contribution in [0, 0.1) is 0 Å². The molecule has 0 aliphatic carbocycles. The quantitative estimate of drug-likeness (QED) is 0.777. The third-order valence-corrected chi connectivity index (χ3v) is 3.24. The van der Waals surface area contributed by atoms with Crippen LogP contribution in [0.1, 0.15) is 32.9 Å². The second-order valence-electron chi connectivity index (χ2n) is 5.04. The first-order chi connectivity index (χ1) is 11.7. The minimum Gasteiger partial charge on any atom is -0.481 e. The summed E-state index contributed by atoms with van der Waals surface area (Å²) in [6.45, 7) is 0. The summed E-state index contributed by atoms with van der Waals surface area (Å²) >= 11 is 0. The number of carboxylic acids is 1. The van der Waals surface area contributed by atoms with Crippen molar-refractivity contribution >= 4 is 17.7 Å². The van der Waals surface area contributed by atoms with Crippen molar-refractivity contribution in [1.29, 1.82) is 0 Å². The van der Waals surface area contributed by atoms with E-state index in [1.807, 2.05) is 0 Å². The van der Waals surface area contributed by atoms with Crippen molar-refractivity contribution in [3.8, 4) is 0 Å². The molecule has 1 unspecified atom stereocenters. The Morgan fingerprint density at radius 3 is 2.24 bits per heavy atom. The number of nitrogens with one attached hydrogen (secondary N) is 1. The van der Waals surface area contributed by atoms with Gasteiger partial charge in [-0.15, -0.1) is 0 Å². The van der Waals surface area contributed by atoms with Gasteiger partial charge in [-0.2, -0.15) is 13.2 Å². The molecule has 1 aromatic carbocycles. The summed E-state index contributed by atoms with van der Waals surface area (Å²) in [6, 6.07) is 4.62. The number of carbonyl (C=O) groups is 3. The van der Waals surface area contributed by atoms with E-state index in [4.69, 9.17) is 9.52 Å². The first kappa shape index (κ1) is 18.2. The molecule has 2 rings (SSSR count). The molecule has 0 aliphatic heterocycles. The fourth-order valence-corrected chi connectivity index (χ4v) is 2.03. The van der Waals surface area contributed by atoms with Gasteiger partial charge in [-0.05, 0) is 36.4 Å². The molecule has 25 heavy (non-hydrogen) atoms. The monoisotopic (exact) mass is 355 g/mol. The number of halogens is 3. The number of alkyl halides is 3. The van der Waals surface area contributed by atoms with E-state index in [1.165, 1.54) is 18.4 Å². The summed E-state index contributed by atoms with van der Waals surface area (Å²) in [7, 11) is 0. The van der Waals surface area contributed by atoms with Crippen molar-refractivity contribution in [3.05, 3.63) is 59.5 Å². The van der Waals surface area contributed by atoms with E-state index >= 15 is 0 Å². The fourth-order valence-electron chi connectivity index (χ4n) is 2.03. The number of rotatable bonds is 6. The number of benzene rings is 1. The molecule has 6 nitrogen and oxygen atoms in total. The third-order valence-electron chi connectivity index (χ3n) is 3.24. The van der Waals surface area contributed by atoms with Crippen LogP contribution in [0.2, 0.25) is 0 Å². The first-order valence-electron chi connectivity index (χ1n) is 6.96. The van der Waals surface area contributed by atoms with Crippen molar-refractivity contribution < 1.29 is 37.1 Å². The molecule has 1 atom stereocenters. The zero-order valence-electron chi connectivity index (χ0n) is 12.5. The number of carbonyl (C=O) groups excluding carboxylic acids is 2. The summed E-state index contributed by atoms with van der Waals surface area (Å²) in [5.74, 6) is -3.11. The summed E-state index contributed by atoms with van der Waals surface area (Å²) in [5.41, 5.74) is -1.08. The van der Waals surface area contributed by atoms with Crippen LogP contribution in [-0.4, -0.2) is 28.8 Å². The predicted octanol–water partition coefficient (Wildman–Crippen LogP) is 2.75. The molecule has 0 bridgehead atoms. The van der Waals surface area contributed by atoms with Gasteiger partial charge >= 0.3 is 12.1 Å². The van der Waals surface area contributed by atoms with Crippen LogP contribution in [0.25, 0.3) is 0 Å². The lowest BCUT2D eigenvalue weighted by molar-refractivity contribution is -0.138. The predicted molar refractivity (Wildman–Crippen MR) is 78.0 cm³/mol. The highest BCUT2D eigenvalue weighted by Crippen LogP contribution is 2.29. The molecule has 0 radical (unpaired) electrons. The van der Waals surface area contributed by atoms with Crippen LogP contribution in [0.4, 0.5) is 13.2 Å². The number of furan rings is 1. The van der Waals surface area contributed by atoms with E-state index in [2.05, 4.69) is 5.32 Å². The third kappa shape index (κ3) is 4.69. The Hall–Kier alpha value is -3.10. The Kier molecular flexibility index (Phi) is 5.26. The number of hydrogen-bond acceptors (Lipinski definition) is 4. The van der Waals surface area contributed by atoms with Gasteiger partial charge in [-0.3, -0.25) is 14.4 Å². The maximum absolute atomic E-state index is 12.5. The molecule has 1 amide bonds. The molecule has 132 valence electrons. The van der Waals surface area contributed by atoms with Crippen molar-refractivity contribution in [3.63, 3.8) is 0 Å². The topological polar surface area (TPSA) is 96.6 Å². The maximum Gasteiger partial charge on any atom is 0.416 e. The number of hydrogen-bond donors (Lipinski definition) is 2. The molecule has 0 saturated heterocycles. The van der Waals surface area contributed by atoms with Crippen molar-refractivity contribution in [2.75, 3.05) is 0 Å². The highest BCUT2D eigenvalue weighted by molar-refractivity contribution is 6.04. The number of carboxylic acid groups (broad SMARTS) is 1. The fraction of sp³-hybridized carbons (Fsp3) is 0.188.